The standard InChI is InChI=1S/C21H23F2N7O3S/c1-2-32-16(13-5-3-6-14(11-13)33-18(22)23)17(31)26-19-29-30-20(34-19)27-21(8-10-24-12-21)15-7-4-9-25-28-15/h3-7,9,11,16,18,24H,2,8,10,12H2,1H3,(H,27,30)(H,26,29,31)/t16-,21?/m0/s1. The number of anilines is 2. The zero-order valence-corrected chi connectivity index (χ0v) is 19.0. The lowest BCUT2D eigenvalue weighted by Gasteiger charge is -2.27. The normalized spacial score (nSPS) is 18.6. The highest BCUT2D eigenvalue weighted by atomic mass is 32.1. The van der Waals surface area contributed by atoms with Crippen LogP contribution >= 0.6 is 11.3 Å². The van der Waals surface area contributed by atoms with E-state index in [1.165, 1.54) is 18.2 Å². The summed E-state index contributed by atoms with van der Waals surface area (Å²) in [6.07, 6.45) is 1.34. The van der Waals surface area contributed by atoms with Gasteiger partial charge < -0.3 is 20.1 Å². The molecule has 4 rings (SSSR count). The van der Waals surface area contributed by atoms with Gasteiger partial charge in [-0.15, -0.1) is 10.2 Å². The van der Waals surface area contributed by atoms with Crippen LogP contribution in [0.3, 0.4) is 0 Å². The molecule has 1 fully saturated rings. The molecular formula is C21H23F2N7O3S. The van der Waals surface area contributed by atoms with Crippen molar-refractivity contribution in [3.05, 3.63) is 53.9 Å². The summed E-state index contributed by atoms with van der Waals surface area (Å²) in [6.45, 7) is 0.428. The quantitative estimate of drug-likeness (QED) is 0.393. The molecule has 1 aliphatic rings. The lowest BCUT2D eigenvalue weighted by atomic mass is 9.94. The van der Waals surface area contributed by atoms with Crippen LogP contribution in [0.2, 0.25) is 0 Å². The molecule has 2 aromatic heterocycles. The minimum Gasteiger partial charge on any atom is -0.435 e. The van der Waals surface area contributed by atoms with Crippen molar-refractivity contribution in [3.63, 3.8) is 0 Å². The largest absolute Gasteiger partial charge is 0.435 e. The van der Waals surface area contributed by atoms with Crippen LogP contribution < -0.4 is 20.7 Å². The van der Waals surface area contributed by atoms with Crippen molar-refractivity contribution in [1.29, 1.82) is 0 Å². The third-order valence-electron chi connectivity index (χ3n) is 5.18. The topological polar surface area (TPSA) is 123 Å². The Hall–Kier alpha value is -3.29. The fourth-order valence-corrected chi connectivity index (χ4v) is 4.43. The van der Waals surface area contributed by atoms with Crippen LogP contribution in [0.1, 0.15) is 30.7 Å². The molecule has 13 heteroatoms. The predicted octanol–water partition coefficient (Wildman–Crippen LogP) is 2.95. The second-order valence-corrected chi connectivity index (χ2v) is 8.41. The maximum atomic E-state index is 12.9. The molecule has 0 aliphatic carbocycles. The van der Waals surface area contributed by atoms with E-state index in [0.29, 0.717) is 17.2 Å². The number of ether oxygens (including phenoxy) is 2. The van der Waals surface area contributed by atoms with Gasteiger partial charge in [0.15, 0.2) is 6.10 Å². The first-order valence-electron chi connectivity index (χ1n) is 10.6. The van der Waals surface area contributed by atoms with E-state index in [1.807, 2.05) is 12.1 Å². The highest BCUT2D eigenvalue weighted by Gasteiger charge is 2.38. The van der Waals surface area contributed by atoms with Crippen LogP contribution in [0.15, 0.2) is 42.6 Å². The average Bonchev–Trinajstić information content (AvgIpc) is 3.48. The molecule has 0 radical (unpaired) electrons. The fraction of sp³-hybridized carbons (Fsp3) is 0.381. The number of carbonyl (C=O) groups is 1. The van der Waals surface area contributed by atoms with Crippen LogP contribution in [-0.4, -0.2) is 52.6 Å². The van der Waals surface area contributed by atoms with E-state index in [2.05, 4.69) is 41.1 Å². The maximum absolute atomic E-state index is 12.9. The summed E-state index contributed by atoms with van der Waals surface area (Å²) in [4.78, 5) is 12.9. The van der Waals surface area contributed by atoms with Crippen LogP contribution in [0, 0.1) is 0 Å². The Labute approximate surface area is 198 Å². The van der Waals surface area contributed by atoms with Gasteiger partial charge in [-0.3, -0.25) is 10.1 Å². The number of hydrogen-bond donors (Lipinski definition) is 3. The number of benzene rings is 1. The summed E-state index contributed by atoms with van der Waals surface area (Å²) < 4.78 is 35.1. The van der Waals surface area contributed by atoms with E-state index in [0.717, 1.165) is 30.0 Å². The van der Waals surface area contributed by atoms with Gasteiger partial charge in [0.1, 0.15) is 5.75 Å². The molecule has 3 aromatic rings. The molecule has 1 amide bonds. The van der Waals surface area contributed by atoms with Crippen molar-refractivity contribution >= 4 is 27.5 Å². The smallest absolute Gasteiger partial charge is 0.387 e. The summed E-state index contributed by atoms with van der Waals surface area (Å²) >= 11 is 1.16. The Kier molecular flexibility index (Phi) is 7.55. The maximum Gasteiger partial charge on any atom is 0.387 e. The number of nitrogens with zero attached hydrogens (tertiary/aromatic N) is 4. The van der Waals surface area contributed by atoms with Gasteiger partial charge in [-0.05, 0) is 49.7 Å². The van der Waals surface area contributed by atoms with Gasteiger partial charge in [0.05, 0.1) is 11.2 Å². The lowest BCUT2D eigenvalue weighted by Crippen LogP contribution is -2.38. The van der Waals surface area contributed by atoms with Gasteiger partial charge in [0.25, 0.3) is 5.91 Å². The third-order valence-corrected chi connectivity index (χ3v) is 5.93. The number of alkyl halides is 2. The highest BCUT2D eigenvalue weighted by Crippen LogP contribution is 2.33. The summed E-state index contributed by atoms with van der Waals surface area (Å²) in [7, 11) is 0. The second-order valence-electron chi connectivity index (χ2n) is 7.43. The number of rotatable bonds is 10. The first-order valence-corrected chi connectivity index (χ1v) is 11.4. The van der Waals surface area contributed by atoms with Crippen LogP contribution in [0.4, 0.5) is 19.0 Å². The zero-order valence-electron chi connectivity index (χ0n) is 18.2. The molecule has 3 N–H and O–H groups in total. The SMILES string of the molecule is CCO[C@H](C(=O)Nc1nnc(NC2(c3cccnn3)CCNC2)s1)c1cccc(OC(F)F)c1. The Balaban J connectivity index is 1.47. The Morgan fingerprint density at radius 2 is 2.09 bits per heavy atom. The predicted molar refractivity (Wildman–Crippen MR) is 121 cm³/mol. The first kappa shape index (κ1) is 23.9. The summed E-state index contributed by atoms with van der Waals surface area (Å²) in [5.74, 6) is -0.572. The molecule has 0 bridgehead atoms. The molecule has 1 unspecified atom stereocenters. The number of hydrogen-bond acceptors (Lipinski definition) is 10. The van der Waals surface area contributed by atoms with Crippen LogP contribution in [-0.2, 0) is 15.1 Å². The van der Waals surface area contributed by atoms with Gasteiger partial charge in [-0.2, -0.15) is 19.0 Å². The molecular weight excluding hydrogens is 468 g/mol. The fourth-order valence-electron chi connectivity index (χ4n) is 3.68. The van der Waals surface area contributed by atoms with Gasteiger partial charge >= 0.3 is 6.61 Å². The molecule has 1 aliphatic heterocycles. The number of halogens is 2. The highest BCUT2D eigenvalue weighted by molar-refractivity contribution is 7.19. The Morgan fingerprint density at radius 1 is 1.24 bits per heavy atom. The second kappa shape index (κ2) is 10.8. The van der Waals surface area contributed by atoms with Crippen molar-refractivity contribution in [2.24, 2.45) is 0 Å². The molecule has 1 saturated heterocycles. The molecule has 0 saturated carbocycles. The molecule has 0 spiro atoms. The van der Waals surface area contributed by atoms with E-state index >= 15 is 0 Å². The van der Waals surface area contributed by atoms with Gasteiger partial charge in [-0.1, -0.05) is 23.5 Å². The van der Waals surface area contributed by atoms with Gasteiger partial charge in [-0.25, -0.2) is 0 Å². The number of aromatic nitrogens is 4. The van der Waals surface area contributed by atoms with E-state index in [9.17, 15) is 13.6 Å². The minimum atomic E-state index is -2.97. The van der Waals surface area contributed by atoms with Crippen molar-refractivity contribution in [2.45, 2.75) is 31.6 Å². The van der Waals surface area contributed by atoms with Crippen molar-refractivity contribution < 1.29 is 23.0 Å². The Bertz CT molecular complexity index is 1100. The molecule has 34 heavy (non-hydrogen) atoms. The first-order chi connectivity index (χ1) is 16.5. The summed E-state index contributed by atoms with van der Waals surface area (Å²) in [6, 6.07) is 9.56. The Morgan fingerprint density at radius 3 is 2.79 bits per heavy atom. The molecule has 10 nitrogen and oxygen atoms in total. The molecule has 2 atom stereocenters. The van der Waals surface area contributed by atoms with E-state index in [-0.39, 0.29) is 17.5 Å². The summed E-state index contributed by atoms with van der Waals surface area (Å²) in [5.41, 5.74) is 0.663. The monoisotopic (exact) mass is 491 g/mol. The molecule has 3 heterocycles. The van der Waals surface area contributed by atoms with E-state index < -0.39 is 24.2 Å². The van der Waals surface area contributed by atoms with Crippen molar-refractivity contribution in [3.8, 4) is 5.75 Å². The molecule has 180 valence electrons. The molecule has 1 aromatic carbocycles. The van der Waals surface area contributed by atoms with Gasteiger partial charge in [0, 0.05) is 19.3 Å². The van der Waals surface area contributed by atoms with Crippen LogP contribution in [0.5, 0.6) is 5.75 Å². The number of carbonyl (C=O) groups excluding carboxylic acids is 1. The number of amides is 1. The van der Waals surface area contributed by atoms with Crippen molar-refractivity contribution in [1.82, 2.24) is 25.7 Å². The number of nitrogens with one attached hydrogen (secondary N) is 3. The third kappa shape index (κ3) is 5.61. The van der Waals surface area contributed by atoms with Crippen molar-refractivity contribution in [2.75, 3.05) is 30.3 Å². The van der Waals surface area contributed by atoms with E-state index in [4.69, 9.17) is 4.74 Å². The minimum absolute atomic E-state index is 0.0631. The zero-order chi connectivity index (χ0) is 24.0. The van der Waals surface area contributed by atoms with Gasteiger partial charge in [0.2, 0.25) is 10.3 Å². The summed E-state index contributed by atoms with van der Waals surface area (Å²) in [5, 5.41) is 26.6. The lowest BCUT2D eigenvalue weighted by molar-refractivity contribution is -0.127. The van der Waals surface area contributed by atoms with E-state index in [1.54, 1.807) is 19.2 Å². The average molecular weight is 492 g/mol. The van der Waals surface area contributed by atoms with Crippen LogP contribution in [0.25, 0.3) is 0 Å².